The first-order chi connectivity index (χ1) is 27.5. The van der Waals surface area contributed by atoms with E-state index in [1.807, 2.05) is 0 Å². The predicted molar refractivity (Wildman–Crippen MR) is 211 cm³/mol. The number of unbranched alkanes of at least 4 members (excludes halogenated alkanes) is 19. The minimum absolute atomic E-state index is 0.172. The fraction of sp³-hybridized carbons (Fsp3) is 0.952. The Kier molecular flexibility index (Phi) is 28.4. The minimum atomic E-state index is -1.76. The van der Waals surface area contributed by atoms with E-state index >= 15 is 0 Å². The van der Waals surface area contributed by atoms with Crippen LogP contribution in [0, 0.1) is 0 Å². The molecular formula is C42H78O15. The van der Waals surface area contributed by atoms with Gasteiger partial charge in [-0.25, -0.2) is 0 Å². The standard InChI is InChI=1S/C42H78O15/c1-3-5-7-9-11-13-14-15-17-19-21-23-25-34(45)55-30(27-52-33(44)24-22-20-18-16-12-10-8-6-4-2)28-53-41-40(51)38(49)36(47)32(57-41)29-54-42-39(50)37(48)35(46)31(26-43)56-42/h30-32,35-43,46-51H,3-29H2,1-2H3/t30-,31-,32-,35+,36+,37+,38+,39-,40-,41-,42+/m1/s1. The van der Waals surface area contributed by atoms with Gasteiger partial charge in [-0.2, -0.15) is 0 Å². The molecule has 0 unspecified atom stereocenters. The lowest BCUT2D eigenvalue weighted by Gasteiger charge is -2.42. The fourth-order valence-corrected chi connectivity index (χ4v) is 7.10. The number of carbonyl (C=O) groups is 2. The molecule has 336 valence electrons. The van der Waals surface area contributed by atoms with E-state index in [9.17, 15) is 45.3 Å². The van der Waals surface area contributed by atoms with Gasteiger partial charge in [-0.1, -0.05) is 136 Å². The number of aliphatic hydroxyl groups excluding tert-OH is 7. The molecule has 2 heterocycles. The van der Waals surface area contributed by atoms with Crippen molar-refractivity contribution in [1.82, 2.24) is 0 Å². The van der Waals surface area contributed by atoms with Gasteiger partial charge in [0, 0.05) is 12.8 Å². The van der Waals surface area contributed by atoms with Crippen molar-refractivity contribution in [2.75, 3.05) is 26.4 Å². The van der Waals surface area contributed by atoms with E-state index in [4.69, 9.17) is 28.4 Å². The van der Waals surface area contributed by atoms with Crippen molar-refractivity contribution >= 4 is 11.9 Å². The molecule has 0 aromatic carbocycles. The summed E-state index contributed by atoms with van der Waals surface area (Å²) in [6.07, 6.45) is 7.33. The molecule has 15 heteroatoms. The smallest absolute Gasteiger partial charge is 0.306 e. The highest BCUT2D eigenvalue weighted by molar-refractivity contribution is 5.70. The molecule has 0 aliphatic carbocycles. The van der Waals surface area contributed by atoms with Gasteiger partial charge in [0.05, 0.1) is 19.8 Å². The number of rotatable bonds is 33. The van der Waals surface area contributed by atoms with Crippen molar-refractivity contribution in [2.24, 2.45) is 0 Å². The van der Waals surface area contributed by atoms with Gasteiger partial charge in [-0.15, -0.1) is 0 Å². The monoisotopic (exact) mass is 823 g/mol. The van der Waals surface area contributed by atoms with E-state index in [-0.39, 0.29) is 26.1 Å². The average molecular weight is 823 g/mol. The van der Waals surface area contributed by atoms with Crippen molar-refractivity contribution in [2.45, 2.75) is 229 Å². The summed E-state index contributed by atoms with van der Waals surface area (Å²) >= 11 is 0. The lowest BCUT2D eigenvalue weighted by molar-refractivity contribution is -0.332. The fourth-order valence-electron chi connectivity index (χ4n) is 7.10. The highest BCUT2D eigenvalue weighted by Gasteiger charge is 2.47. The Labute approximate surface area is 340 Å². The van der Waals surface area contributed by atoms with Gasteiger partial charge in [0.1, 0.15) is 55.4 Å². The quantitative estimate of drug-likeness (QED) is 0.0365. The third-order valence-electron chi connectivity index (χ3n) is 10.8. The van der Waals surface area contributed by atoms with E-state index < -0.39 is 92.7 Å². The zero-order valence-electron chi connectivity index (χ0n) is 34.8. The largest absolute Gasteiger partial charge is 0.462 e. The second-order valence-electron chi connectivity index (χ2n) is 15.9. The Bertz CT molecular complexity index is 1020. The van der Waals surface area contributed by atoms with Crippen molar-refractivity contribution in [3.63, 3.8) is 0 Å². The normalized spacial score (nSPS) is 28.3. The SMILES string of the molecule is CCCCCCCCCCCCCCC(=O)O[C@H](COC(=O)CCCCCCCCCCC)CO[C@@H]1O[C@H](CO[C@H]2O[C@H](CO)[C@H](O)[C@H](O)[C@H]2O)[C@H](O)[C@H](O)[C@H]1O. The van der Waals surface area contributed by atoms with Gasteiger partial charge in [0.25, 0.3) is 0 Å². The highest BCUT2D eigenvalue weighted by Crippen LogP contribution is 2.26. The molecule has 0 radical (unpaired) electrons. The number of ether oxygens (including phenoxy) is 6. The third kappa shape index (κ3) is 21.0. The lowest BCUT2D eigenvalue weighted by Crippen LogP contribution is -2.61. The van der Waals surface area contributed by atoms with Crippen LogP contribution in [0.5, 0.6) is 0 Å². The zero-order valence-corrected chi connectivity index (χ0v) is 34.8. The summed E-state index contributed by atoms with van der Waals surface area (Å²) < 4.78 is 33.4. The van der Waals surface area contributed by atoms with Crippen LogP contribution in [-0.2, 0) is 38.0 Å². The first-order valence-electron chi connectivity index (χ1n) is 22.1. The molecule has 2 fully saturated rings. The molecule has 2 aliphatic rings. The van der Waals surface area contributed by atoms with Gasteiger partial charge in [0.2, 0.25) is 0 Å². The maximum absolute atomic E-state index is 12.9. The van der Waals surface area contributed by atoms with E-state index in [1.54, 1.807) is 0 Å². The molecule has 2 aliphatic heterocycles. The number of esters is 2. The van der Waals surface area contributed by atoms with E-state index in [2.05, 4.69) is 13.8 Å². The van der Waals surface area contributed by atoms with Crippen LogP contribution >= 0.6 is 0 Å². The van der Waals surface area contributed by atoms with Gasteiger partial charge in [-0.05, 0) is 12.8 Å². The van der Waals surface area contributed by atoms with Crippen LogP contribution in [0.2, 0.25) is 0 Å². The van der Waals surface area contributed by atoms with Gasteiger partial charge < -0.3 is 64.2 Å². The molecule has 0 aromatic heterocycles. The molecule has 2 saturated heterocycles. The van der Waals surface area contributed by atoms with Gasteiger partial charge >= 0.3 is 11.9 Å². The Morgan fingerprint density at radius 1 is 0.491 bits per heavy atom. The molecule has 0 bridgehead atoms. The molecular weight excluding hydrogens is 744 g/mol. The molecule has 7 N–H and O–H groups in total. The first-order valence-corrected chi connectivity index (χ1v) is 22.1. The van der Waals surface area contributed by atoms with Crippen LogP contribution in [0.3, 0.4) is 0 Å². The van der Waals surface area contributed by atoms with Crippen molar-refractivity contribution in [3.05, 3.63) is 0 Å². The summed E-state index contributed by atoms with van der Waals surface area (Å²) in [7, 11) is 0. The molecule has 0 spiro atoms. The number of hydrogen-bond acceptors (Lipinski definition) is 15. The Morgan fingerprint density at radius 3 is 1.37 bits per heavy atom. The van der Waals surface area contributed by atoms with Crippen LogP contribution in [-0.4, -0.2) is 142 Å². The molecule has 0 amide bonds. The van der Waals surface area contributed by atoms with E-state index in [0.717, 1.165) is 38.5 Å². The van der Waals surface area contributed by atoms with Crippen LogP contribution in [0.15, 0.2) is 0 Å². The van der Waals surface area contributed by atoms with Crippen molar-refractivity contribution in [1.29, 1.82) is 0 Å². The Balaban J connectivity index is 1.87. The second kappa shape index (κ2) is 31.4. The summed E-state index contributed by atoms with van der Waals surface area (Å²) in [5.74, 6) is -0.921. The second-order valence-corrected chi connectivity index (χ2v) is 15.9. The topological polar surface area (TPSA) is 231 Å². The summed E-state index contributed by atoms with van der Waals surface area (Å²) in [6.45, 7) is 2.55. The maximum Gasteiger partial charge on any atom is 0.306 e. The summed E-state index contributed by atoms with van der Waals surface area (Å²) in [5.41, 5.74) is 0. The zero-order chi connectivity index (χ0) is 41.8. The molecule has 11 atom stereocenters. The van der Waals surface area contributed by atoms with Crippen LogP contribution in [0.25, 0.3) is 0 Å². The lowest BCUT2D eigenvalue weighted by atomic mass is 9.98. The molecule has 57 heavy (non-hydrogen) atoms. The maximum atomic E-state index is 12.9. The van der Waals surface area contributed by atoms with E-state index in [1.165, 1.54) is 83.5 Å². The molecule has 0 saturated carbocycles. The van der Waals surface area contributed by atoms with Gasteiger partial charge in [0.15, 0.2) is 18.7 Å². The summed E-state index contributed by atoms with van der Waals surface area (Å²) in [5, 5.41) is 71.7. The van der Waals surface area contributed by atoms with Crippen molar-refractivity contribution in [3.8, 4) is 0 Å². The summed E-state index contributed by atoms with van der Waals surface area (Å²) in [6, 6.07) is 0. The molecule has 2 rings (SSSR count). The van der Waals surface area contributed by atoms with E-state index in [0.29, 0.717) is 12.8 Å². The number of carbonyl (C=O) groups excluding carboxylic acids is 2. The average Bonchev–Trinajstić information content (AvgIpc) is 3.20. The van der Waals surface area contributed by atoms with Gasteiger partial charge in [-0.3, -0.25) is 9.59 Å². The predicted octanol–water partition coefficient (Wildman–Crippen LogP) is 4.09. The third-order valence-corrected chi connectivity index (χ3v) is 10.8. The molecule has 0 aromatic rings. The Hall–Kier alpha value is -1.50. The highest BCUT2D eigenvalue weighted by atomic mass is 16.7. The summed E-state index contributed by atoms with van der Waals surface area (Å²) in [4.78, 5) is 25.5. The minimum Gasteiger partial charge on any atom is -0.462 e. The first kappa shape index (κ1) is 51.6. The van der Waals surface area contributed by atoms with Crippen molar-refractivity contribution < 1.29 is 73.8 Å². The Morgan fingerprint density at radius 2 is 0.895 bits per heavy atom. The van der Waals surface area contributed by atoms with Crippen LogP contribution < -0.4 is 0 Å². The number of aliphatic hydroxyl groups is 7. The number of hydrogen-bond donors (Lipinski definition) is 7. The van der Waals surface area contributed by atoms with Crippen LogP contribution in [0.4, 0.5) is 0 Å². The van der Waals surface area contributed by atoms with Crippen LogP contribution in [0.1, 0.15) is 162 Å². The molecule has 15 nitrogen and oxygen atoms in total.